The van der Waals surface area contributed by atoms with E-state index >= 15 is 0 Å². The smallest absolute Gasteiger partial charge is 0.249 e. The highest BCUT2D eigenvalue weighted by atomic mass is 19.1. The van der Waals surface area contributed by atoms with Crippen LogP contribution in [0.3, 0.4) is 0 Å². The number of nitrogens with zero attached hydrogens (tertiary/aromatic N) is 6. The van der Waals surface area contributed by atoms with Crippen LogP contribution in [-0.4, -0.2) is 45.6 Å². The van der Waals surface area contributed by atoms with Gasteiger partial charge in [0.1, 0.15) is 29.7 Å². The molecule has 4 rings (SSSR count). The molecular formula is C19H19FN6O2. The Bertz CT molecular complexity index is 909. The van der Waals surface area contributed by atoms with E-state index in [9.17, 15) is 9.18 Å². The fraction of sp³-hybridized carbons (Fsp3) is 0.421. The predicted octanol–water partition coefficient (Wildman–Crippen LogP) is 2.00. The summed E-state index contributed by atoms with van der Waals surface area (Å²) in [7, 11) is 0. The Hall–Kier alpha value is -3.12. The Morgan fingerprint density at radius 3 is 2.79 bits per heavy atom. The normalized spacial score (nSPS) is 20.2. The van der Waals surface area contributed by atoms with Crippen LogP contribution in [0.4, 0.5) is 10.2 Å². The minimum Gasteiger partial charge on any atom is -0.356 e. The summed E-state index contributed by atoms with van der Waals surface area (Å²) in [5, 5.41) is 10.4. The highest BCUT2D eigenvalue weighted by Crippen LogP contribution is 2.33. The van der Waals surface area contributed by atoms with Crippen LogP contribution >= 0.6 is 0 Å². The highest BCUT2D eigenvalue weighted by molar-refractivity contribution is 5.79. The van der Waals surface area contributed by atoms with Gasteiger partial charge in [0, 0.05) is 37.7 Å². The first kappa shape index (κ1) is 18.3. The number of piperidine rings is 1. The number of aromatic nitrogens is 3. The Morgan fingerprint density at radius 2 is 2.04 bits per heavy atom. The molecule has 0 aliphatic carbocycles. The number of hydrogen-bond acceptors (Lipinski definition) is 7. The number of halogens is 1. The number of amides is 1. The Morgan fingerprint density at radius 1 is 1.21 bits per heavy atom. The minimum atomic E-state index is -0.424. The zero-order valence-corrected chi connectivity index (χ0v) is 15.2. The van der Waals surface area contributed by atoms with Gasteiger partial charge in [-0.1, -0.05) is 0 Å². The molecule has 4 heterocycles. The molecule has 144 valence electrons. The molecule has 28 heavy (non-hydrogen) atoms. The van der Waals surface area contributed by atoms with Crippen molar-refractivity contribution in [1.29, 1.82) is 5.26 Å². The fourth-order valence-corrected chi connectivity index (χ4v) is 3.72. The van der Waals surface area contributed by atoms with Gasteiger partial charge in [0.15, 0.2) is 0 Å². The molecule has 2 aliphatic heterocycles. The monoisotopic (exact) mass is 382 g/mol. The van der Waals surface area contributed by atoms with Crippen molar-refractivity contribution in [2.45, 2.75) is 25.3 Å². The molecule has 0 unspecified atom stereocenters. The summed E-state index contributed by atoms with van der Waals surface area (Å²) in [5.41, 5.74) is 0.966. The fourth-order valence-electron chi connectivity index (χ4n) is 3.72. The molecule has 8 nitrogen and oxygen atoms in total. The van der Waals surface area contributed by atoms with E-state index in [1.54, 1.807) is 12.3 Å². The van der Waals surface area contributed by atoms with Crippen LogP contribution in [0.1, 0.15) is 36.6 Å². The van der Waals surface area contributed by atoms with Crippen LogP contribution in [0, 0.1) is 23.1 Å². The van der Waals surface area contributed by atoms with E-state index in [1.165, 1.54) is 17.5 Å². The number of carbonyl (C=O) groups excluding carboxylic acids is 1. The summed E-state index contributed by atoms with van der Waals surface area (Å²) in [6.45, 7) is 1.72. The first-order valence-electron chi connectivity index (χ1n) is 9.19. The highest BCUT2D eigenvalue weighted by Gasteiger charge is 2.37. The molecule has 0 spiro atoms. The van der Waals surface area contributed by atoms with Crippen molar-refractivity contribution in [2.75, 3.05) is 24.6 Å². The van der Waals surface area contributed by atoms with Gasteiger partial charge in [0.05, 0.1) is 18.8 Å². The lowest BCUT2D eigenvalue weighted by molar-refractivity contribution is -0.182. The summed E-state index contributed by atoms with van der Waals surface area (Å²) in [6, 6.07) is 4.75. The van der Waals surface area contributed by atoms with Crippen molar-refractivity contribution >= 4 is 11.7 Å². The number of rotatable bonds is 3. The van der Waals surface area contributed by atoms with E-state index in [-0.39, 0.29) is 17.9 Å². The standard InChI is InChI=1S/C19H19FN6O2/c20-15-7-14(10-22-11-15)17-3-6-28-26(17)19(27)13-1-4-25(5-2-13)18-8-16(9-21)23-12-24-18/h7-8,10-13,17H,1-6H2/t17-/m0/s1. The molecule has 0 aromatic carbocycles. The van der Waals surface area contributed by atoms with Gasteiger partial charge in [-0.25, -0.2) is 19.4 Å². The van der Waals surface area contributed by atoms with Crippen molar-refractivity contribution < 1.29 is 14.0 Å². The van der Waals surface area contributed by atoms with Gasteiger partial charge in [0.25, 0.3) is 0 Å². The predicted molar refractivity (Wildman–Crippen MR) is 96.0 cm³/mol. The number of anilines is 1. The van der Waals surface area contributed by atoms with Crippen LogP contribution in [-0.2, 0) is 9.63 Å². The third kappa shape index (κ3) is 3.64. The maximum atomic E-state index is 13.5. The Balaban J connectivity index is 1.41. The minimum absolute atomic E-state index is 0.0770. The quantitative estimate of drug-likeness (QED) is 0.801. The van der Waals surface area contributed by atoms with Crippen molar-refractivity contribution in [3.05, 3.63) is 47.9 Å². The topological polar surface area (TPSA) is 95.2 Å². The second-order valence-corrected chi connectivity index (χ2v) is 6.87. The van der Waals surface area contributed by atoms with Gasteiger partial charge < -0.3 is 4.90 Å². The molecular weight excluding hydrogens is 363 g/mol. The first-order valence-corrected chi connectivity index (χ1v) is 9.19. The zero-order valence-electron chi connectivity index (χ0n) is 15.2. The van der Waals surface area contributed by atoms with Crippen molar-refractivity contribution in [1.82, 2.24) is 20.0 Å². The molecule has 0 N–H and O–H groups in total. The van der Waals surface area contributed by atoms with Crippen LogP contribution in [0.15, 0.2) is 30.9 Å². The number of carbonyl (C=O) groups is 1. The largest absolute Gasteiger partial charge is 0.356 e. The van der Waals surface area contributed by atoms with Crippen molar-refractivity contribution in [2.24, 2.45) is 5.92 Å². The summed E-state index contributed by atoms with van der Waals surface area (Å²) in [4.78, 5) is 32.6. The molecule has 0 bridgehead atoms. The zero-order chi connectivity index (χ0) is 19.5. The summed E-state index contributed by atoms with van der Waals surface area (Å²) in [5.74, 6) is 0.0211. The van der Waals surface area contributed by atoms with Gasteiger partial charge in [0.2, 0.25) is 5.91 Å². The van der Waals surface area contributed by atoms with Crippen molar-refractivity contribution in [3.8, 4) is 6.07 Å². The maximum Gasteiger partial charge on any atom is 0.249 e. The third-order valence-corrected chi connectivity index (χ3v) is 5.17. The average Bonchev–Trinajstić information content (AvgIpc) is 3.23. The van der Waals surface area contributed by atoms with E-state index in [2.05, 4.69) is 15.0 Å². The van der Waals surface area contributed by atoms with Crippen LogP contribution in [0.2, 0.25) is 0 Å². The van der Waals surface area contributed by atoms with Gasteiger partial charge in [-0.2, -0.15) is 5.26 Å². The lowest BCUT2D eigenvalue weighted by atomic mass is 9.94. The number of hydrogen-bond donors (Lipinski definition) is 0. The molecule has 2 aromatic heterocycles. The molecule has 0 radical (unpaired) electrons. The van der Waals surface area contributed by atoms with E-state index in [0.717, 1.165) is 6.20 Å². The number of nitriles is 1. The molecule has 9 heteroatoms. The summed E-state index contributed by atoms with van der Waals surface area (Å²) >= 11 is 0. The maximum absolute atomic E-state index is 13.5. The molecule has 2 fully saturated rings. The van der Waals surface area contributed by atoms with Gasteiger partial charge in [-0.05, 0) is 24.5 Å². The first-order chi connectivity index (χ1) is 13.7. The second-order valence-electron chi connectivity index (χ2n) is 6.87. The molecule has 0 saturated carbocycles. The molecule has 2 aliphatic rings. The van der Waals surface area contributed by atoms with Crippen LogP contribution in [0.5, 0.6) is 0 Å². The summed E-state index contributed by atoms with van der Waals surface area (Å²) in [6.07, 6.45) is 6.02. The molecule has 2 aromatic rings. The van der Waals surface area contributed by atoms with Gasteiger partial charge in [-0.3, -0.25) is 14.6 Å². The molecule has 1 atom stereocenters. The molecule has 1 amide bonds. The lowest BCUT2D eigenvalue weighted by Crippen LogP contribution is -2.42. The third-order valence-electron chi connectivity index (χ3n) is 5.17. The van der Waals surface area contributed by atoms with E-state index < -0.39 is 5.82 Å². The van der Waals surface area contributed by atoms with Gasteiger partial charge >= 0.3 is 0 Å². The average molecular weight is 382 g/mol. The lowest BCUT2D eigenvalue weighted by Gasteiger charge is -2.34. The molecule has 2 saturated heterocycles. The summed E-state index contributed by atoms with van der Waals surface area (Å²) < 4.78 is 13.5. The van der Waals surface area contributed by atoms with E-state index in [1.807, 2.05) is 11.0 Å². The van der Waals surface area contributed by atoms with Crippen LogP contribution < -0.4 is 4.90 Å². The number of pyridine rings is 1. The SMILES string of the molecule is N#Cc1cc(N2CCC(C(=O)N3OCC[C@H]3c3cncc(F)c3)CC2)ncn1. The Labute approximate surface area is 161 Å². The van der Waals surface area contributed by atoms with Crippen molar-refractivity contribution in [3.63, 3.8) is 0 Å². The van der Waals surface area contributed by atoms with Gasteiger partial charge in [-0.15, -0.1) is 0 Å². The number of hydroxylamine groups is 2. The van der Waals surface area contributed by atoms with E-state index in [4.69, 9.17) is 10.1 Å². The second kappa shape index (κ2) is 7.86. The van der Waals surface area contributed by atoms with Crippen LogP contribution in [0.25, 0.3) is 0 Å². The Kier molecular flexibility index (Phi) is 5.12. The van der Waals surface area contributed by atoms with E-state index in [0.29, 0.717) is 56.0 Å².